The van der Waals surface area contributed by atoms with Crippen molar-refractivity contribution in [2.75, 3.05) is 33.0 Å². The highest BCUT2D eigenvalue weighted by molar-refractivity contribution is 5.32. The molecule has 0 aromatic carbocycles. The molecule has 1 aromatic rings. The number of fused-ring (bicyclic) bond motifs is 1. The summed E-state index contributed by atoms with van der Waals surface area (Å²) in [7, 11) is 0. The Morgan fingerprint density at radius 3 is 3.05 bits per heavy atom. The van der Waals surface area contributed by atoms with E-state index < -0.39 is 0 Å². The fourth-order valence-electron chi connectivity index (χ4n) is 3.49. The molecule has 5 nitrogen and oxygen atoms in total. The Hall–Kier alpha value is -1.17. The number of hydrogen-bond donors (Lipinski definition) is 0. The van der Waals surface area contributed by atoms with E-state index in [1.54, 1.807) is 0 Å². The van der Waals surface area contributed by atoms with Crippen LogP contribution in [-0.2, 0) is 19.6 Å². The largest absolute Gasteiger partial charge is 0.475 e. The van der Waals surface area contributed by atoms with E-state index in [9.17, 15) is 0 Å². The molecule has 2 saturated heterocycles. The van der Waals surface area contributed by atoms with E-state index in [0.29, 0.717) is 25.0 Å². The van der Waals surface area contributed by atoms with Gasteiger partial charge in [-0.05, 0) is 37.7 Å². The van der Waals surface area contributed by atoms with Crippen LogP contribution in [0.4, 0.5) is 0 Å². The number of hydrogen-bond acceptors (Lipinski definition) is 5. The molecule has 2 aliphatic heterocycles. The van der Waals surface area contributed by atoms with E-state index in [0.717, 1.165) is 38.4 Å². The summed E-state index contributed by atoms with van der Waals surface area (Å²) < 4.78 is 22.5. The maximum absolute atomic E-state index is 5.73. The van der Waals surface area contributed by atoms with E-state index in [2.05, 4.69) is 11.1 Å². The molecule has 0 amide bonds. The highest BCUT2D eigenvalue weighted by Crippen LogP contribution is 2.57. The molecule has 1 aliphatic carbocycles. The normalized spacial score (nSPS) is 33.5. The molecule has 3 atom stereocenters. The Morgan fingerprint density at radius 1 is 1.27 bits per heavy atom. The molecule has 1 unspecified atom stereocenters. The molecule has 0 N–H and O–H groups in total. The third-order valence-corrected chi connectivity index (χ3v) is 4.92. The molecule has 0 spiro atoms. The first-order valence-corrected chi connectivity index (χ1v) is 8.28. The predicted molar refractivity (Wildman–Crippen MR) is 79.9 cm³/mol. The highest BCUT2D eigenvalue weighted by Gasteiger charge is 2.60. The van der Waals surface area contributed by atoms with Crippen molar-refractivity contribution >= 4 is 0 Å². The first-order chi connectivity index (χ1) is 10.9. The molecule has 120 valence electrons. The molecule has 5 heteroatoms. The monoisotopic (exact) mass is 305 g/mol. The maximum atomic E-state index is 5.73. The molecule has 0 radical (unpaired) electrons. The van der Waals surface area contributed by atoms with Crippen molar-refractivity contribution in [3.8, 4) is 5.88 Å². The van der Waals surface area contributed by atoms with Crippen LogP contribution in [-0.4, -0.2) is 44.3 Å². The molecular formula is C17H23NO4. The third-order valence-electron chi connectivity index (χ3n) is 4.92. The molecule has 0 bridgehead atoms. The highest BCUT2D eigenvalue weighted by atomic mass is 16.7. The lowest BCUT2D eigenvalue weighted by atomic mass is 10.0. The van der Waals surface area contributed by atoms with Gasteiger partial charge in [0.1, 0.15) is 6.61 Å². The molecule has 4 rings (SSSR count). The van der Waals surface area contributed by atoms with Crippen molar-refractivity contribution in [3.05, 3.63) is 23.9 Å². The first-order valence-electron chi connectivity index (χ1n) is 8.28. The minimum absolute atomic E-state index is 0.0570. The Morgan fingerprint density at radius 2 is 2.27 bits per heavy atom. The van der Waals surface area contributed by atoms with Crippen molar-refractivity contribution in [2.24, 2.45) is 5.92 Å². The number of nitrogens with zero attached hydrogens (tertiary/aromatic N) is 1. The summed E-state index contributed by atoms with van der Waals surface area (Å²) >= 11 is 0. The van der Waals surface area contributed by atoms with Crippen molar-refractivity contribution in [1.82, 2.24) is 4.98 Å². The zero-order chi connectivity index (χ0) is 14.8. The minimum atomic E-state index is -0.0570. The molecule has 1 saturated carbocycles. The molecule has 3 aliphatic rings. The van der Waals surface area contributed by atoms with Crippen LogP contribution >= 0.6 is 0 Å². The molecule has 22 heavy (non-hydrogen) atoms. The lowest BCUT2D eigenvalue weighted by molar-refractivity contribution is -0.165. The topological polar surface area (TPSA) is 49.8 Å². The van der Waals surface area contributed by atoms with Crippen molar-refractivity contribution in [3.63, 3.8) is 0 Å². The van der Waals surface area contributed by atoms with Gasteiger partial charge < -0.3 is 18.9 Å². The molecular weight excluding hydrogens is 282 g/mol. The summed E-state index contributed by atoms with van der Waals surface area (Å²) in [5.41, 5.74) is 1.29. The van der Waals surface area contributed by atoms with Gasteiger partial charge >= 0.3 is 0 Å². The van der Waals surface area contributed by atoms with Crippen LogP contribution in [0.2, 0.25) is 0 Å². The van der Waals surface area contributed by atoms with Gasteiger partial charge in [0.05, 0.1) is 25.5 Å². The Labute approximate surface area is 130 Å². The van der Waals surface area contributed by atoms with Gasteiger partial charge in [0.2, 0.25) is 5.88 Å². The number of aromatic nitrogens is 1. The Bertz CT molecular complexity index is 517. The van der Waals surface area contributed by atoms with Crippen LogP contribution in [0.5, 0.6) is 5.88 Å². The van der Waals surface area contributed by atoms with Crippen LogP contribution in [0.1, 0.15) is 31.4 Å². The van der Waals surface area contributed by atoms with Crippen molar-refractivity contribution in [1.29, 1.82) is 0 Å². The summed E-state index contributed by atoms with van der Waals surface area (Å²) in [5, 5.41) is 0. The fourth-order valence-corrected chi connectivity index (χ4v) is 3.49. The van der Waals surface area contributed by atoms with Crippen LogP contribution in [0.25, 0.3) is 0 Å². The van der Waals surface area contributed by atoms with E-state index >= 15 is 0 Å². The number of pyridine rings is 1. The van der Waals surface area contributed by atoms with Gasteiger partial charge in [-0.15, -0.1) is 0 Å². The summed E-state index contributed by atoms with van der Waals surface area (Å²) in [5.74, 6) is 1.33. The minimum Gasteiger partial charge on any atom is -0.475 e. The molecule has 1 aromatic heterocycles. The second kappa shape index (κ2) is 6.14. The number of ether oxygens (including phenoxy) is 4. The van der Waals surface area contributed by atoms with Crippen molar-refractivity contribution < 1.29 is 18.9 Å². The predicted octanol–water partition coefficient (Wildman–Crippen LogP) is 2.29. The number of rotatable bonds is 6. The summed E-state index contributed by atoms with van der Waals surface area (Å²) in [6.07, 6.45) is 4.45. The molecule has 3 fully saturated rings. The zero-order valence-corrected chi connectivity index (χ0v) is 12.8. The summed E-state index contributed by atoms with van der Waals surface area (Å²) in [6.45, 7) is 3.52. The average molecular weight is 305 g/mol. The van der Waals surface area contributed by atoms with Crippen LogP contribution in [0.15, 0.2) is 18.2 Å². The van der Waals surface area contributed by atoms with Gasteiger partial charge in [-0.3, -0.25) is 0 Å². The second-order valence-electron chi connectivity index (χ2n) is 6.45. The molecule has 3 heterocycles. The lowest BCUT2D eigenvalue weighted by Gasteiger charge is -2.22. The Kier molecular flexibility index (Phi) is 4.03. The van der Waals surface area contributed by atoms with Gasteiger partial charge in [-0.1, -0.05) is 6.07 Å². The van der Waals surface area contributed by atoms with Crippen LogP contribution in [0, 0.1) is 5.92 Å². The van der Waals surface area contributed by atoms with Gasteiger partial charge in [0.15, 0.2) is 6.29 Å². The van der Waals surface area contributed by atoms with Crippen LogP contribution in [0.3, 0.4) is 0 Å². The zero-order valence-electron chi connectivity index (χ0n) is 12.8. The van der Waals surface area contributed by atoms with Gasteiger partial charge in [-0.2, -0.15) is 0 Å². The quantitative estimate of drug-likeness (QED) is 0.755. The van der Waals surface area contributed by atoms with E-state index in [4.69, 9.17) is 18.9 Å². The standard InChI is InChI=1S/C17H23NO4/c1-2-7-21-16(6-1)22-9-8-20-15-5-3-4-14(18-15)17-10-13(17)11-19-12-17/h3-5,13,16H,1-2,6-12H2/t13-,16?,17-/m1/s1. The Balaban J connectivity index is 1.26. The van der Waals surface area contributed by atoms with E-state index in [-0.39, 0.29) is 11.7 Å². The van der Waals surface area contributed by atoms with Gasteiger partial charge in [0.25, 0.3) is 0 Å². The van der Waals surface area contributed by atoms with E-state index in [1.165, 1.54) is 12.8 Å². The summed E-state index contributed by atoms with van der Waals surface area (Å²) in [4.78, 5) is 4.66. The average Bonchev–Trinajstić information content (AvgIpc) is 3.14. The lowest BCUT2D eigenvalue weighted by Crippen LogP contribution is -2.24. The smallest absolute Gasteiger partial charge is 0.213 e. The first kappa shape index (κ1) is 14.4. The second-order valence-corrected chi connectivity index (χ2v) is 6.45. The van der Waals surface area contributed by atoms with Crippen molar-refractivity contribution in [2.45, 2.75) is 37.4 Å². The maximum Gasteiger partial charge on any atom is 0.213 e. The van der Waals surface area contributed by atoms with Gasteiger partial charge in [-0.25, -0.2) is 4.98 Å². The fraction of sp³-hybridized carbons (Fsp3) is 0.706. The van der Waals surface area contributed by atoms with Gasteiger partial charge in [0, 0.05) is 18.1 Å². The SMILES string of the molecule is c1cc(OCCOC2CCCCO2)nc([C@]23COC[C@H]2C3)c1. The van der Waals surface area contributed by atoms with E-state index in [1.807, 2.05) is 12.1 Å². The van der Waals surface area contributed by atoms with Crippen LogP contribution < -0.4 is 4.74 Å². The third kappa shape index (κ3) is 2.85. The summed E-state index contributed by atoms with van der Waals surface area (Å²) in [6, 6.07) is 6.02.